The van der Waals surface area contributed by atoms with E-state index < -0.39 is 0 Å². The summed E-state index contributed by atoms with van der Waals surface area (Å²) in [6, 6.07) is 6.43. The van der Waals surface area contributed by atoms with Crippen LogP contribution in [0.25, 0.3) is 0 Å². The van der Waals surface area contributed by atoms with Gasteiger partial charge in [-0.15, -0.1) is 0 Å². The van der Waals surface area contributed by atoms with E-state index in [0.717, 1.165) is 41.7 Å². The van der Waals surface area contributed by atoms with Gasteiger partial charge >= 0.3 is 0 Å². The SMILES string of the molecule is NC(=O)C1CCC(NCc2ccc(Cl)c(Br)c2)CC1. The van der Waals surface area contributed by atoms with Crippen molar-refractivity contribution in [3.8, 4) is 0 Å². The van der Waals surface area contributed by atoms with Crippen LogP contribution in [0.1, 0.15) is 31.2 Å². The van der Waals surface area contributed by atoms with Crippen LogP contribution >= 0.6 is 27.5 Å². The molecule has 2 rings (SSSR count). The third-order valence-corrected chi connectivity index (χ3v) is 4.92. The molecule has 1 aliphatic rings. The Morgan fingerprint density at radius 3 is 2.63 bits per heavy atom. The van der Waals surface area contributed by atoms with Gasteiger partial charge in [-0.1, -0.05) is 17.7 Å². The van der Waals surface area contributed by atoms with E-state index >= 15 is 0 Å². The number of rotatable bonds is 4. The van der Waals surface area contributed by atoms with Gasteiger partial charge in [0, 0.05) is 23.0 Å². The van der Waals surface area contributed by atoms with E-state index in [-0.39, 0.29) is 11.8 Å². The van der Waals surface area contributed by atoms with Crippen molar-refractivity contribution in [2.45, 2.75) is 38.3 Å². The Balaban J connectivity index is 1.80. The smallest absolute Gasteiger partial charge is 0.220 e. The van der Waals surface area contributed by atoms with Gasteiger partial charge < -0.3 is 11.1 Å². The van der Waals surface area contributed by atoms with E-state index in [1.54, 1.807) is 0 Å². The first-order chi connectivity index (χ1) is 9.06. The molecular weight excluding hydrogens is 328 g/mol. The van der Waals surface area contributed by atoms with Crippen molar-refractivity contribution in [3.05, 3.63) is 33.3 Å². The van der Waals surface area contributed by atoms with Crippen LogP contribution in [0.3, 0.4) is 0 Å². The molecule has 1 aliphatic carbocycles. The fourth-order valence-electron chi connectivity index (χ4n) is 2.49. The van der Waals surface area contributed by atoms with Gasteiger partial charge in [0.05, 0.1) is 5.02 Å². The second-order valence-electron chi connectivity index (χ2n) is 5.08. The maximum Gasteiger partial charge on any atom is 0.220 e. The quantitative estimate of drug-likeness (QED) is 0.880. The number of nitrogens with two attached hydrogens (primary N) is 1. The first kappa shape index (κ1) is 14.8. The molecule has 1 saturated carbocycles. The van der Waals surface area contributed by atoms with Crippen molar-refractivity contribution in [1.82, 2.24) is 5.32 Å². The highest BCUT2D eigenvalue weighted by Crippen LogP contribution is 2.25. The molecule has 104 valence electrons. The molecule has 3 nitrogen and oxygen atoms in total. The third kappa shape index (κ3) is 4.20. The number of benzene rings is 1. The van der Waals surface area contributed by atoms with E-state index in [4.69, 9.17) is 17.3 Å². The average molecular weight is 346 g/mol. The van der Waals surface area contributed by atoms with Crippen LogP contribution in [0.15, 0.2) is 22.7 Å². The zero-order valence-corrected chi connectivity index (χ0v) is 13.0. The van der Waals surface area contributed by atoms with Crippen molar-refractivity contribution in [3.63, 3.8) is 0 Å². The van der Waals surface area contributed by atoms with Gasteiger partial charge in [0.1, 0.15) is 0 Å². The zero-order valence-electron chi connectivity index (χ0n) is 10.7. The minimum Gasteiger partial charge on any atom is -0.369 e. The molecule has 0 bridgehead atoms. The fraction of sp³-hybridized carbons (Fsp3) is 0.500. The molecule has 0 atom stereocenters. The highest BCUT2D eigenvalue weighted by atomic mass is 79.9. The van der Waals surface area contributed by atoms with Crippen molar-refractivity contribution in [2.24, 2.45) is 11.7 Å². The van der Waals surface area contributed by atoms with Gasteiger partial charge in [0.25, 0.3) is 0 Å². The molecular formula is C14H18BrClN2O. The molecule has 3 N–H and O–H groups in total. The summed E-state index contributed by atoms with van der Waals surface area (Å²) in [7, 11) is 0. The number of amides is 1. The van der Waals surface area contributed by atoms with Crippen molar-refractivity contribution in [2.75, 3.05) is 0 Å². The zero-order chi connectivity index (χ0) is 13.8. The molecule has 0 spiro atoms. The van der Waals surface area contributed by atoms with Crippen molar-refractivity contribution in [1.29, 1.82) is 0 Å². The summed E-state index contributed by atoms with van der Waals surface area (Å²) in [4.78, 5) is 11.1. The molecule has 1 fully saturated rings. The van der Waals surface area contributed by atoms with E-state index in [9.17, 15) is 4.79 Å². The van der Waals surface area contributed by atoms with Crippen LogP contribution in [0, 0.1) is 5.92 Å². The van der Waals surface area contributed by atoms with Crippen LogP contribution in [-0.4, -0.2) is 11.9 Å². The summed E-state index contributed by atoms with van der Waals surface area (Å²) < 4.78 is 0.922. The molecule has 5 heteroatoms. The lowest BCUT2D eigenvalue weighted by atomic mass is 9.85. The number of nitrogens with one attached hydrogen (secondary N) is 1. The lowest BCUT2D eigenvalue weighted by Crippen LogP contribution is -2.36. The number of carbonyl (C=O) groups excluding carboxylic acids is 1. The van der Waals surface area contributed by atoms with Gasteiger partial charge in [-0.05, 0) is 59.3 Å². The summed E-state index contributed by atoms with van der Waals surface area (Å²) in [5, 5.41) is 4.26. The highest BCUT2D eigenvalue weighted by Gasteiger charge is 2.24. The summed E-state index contributed by atoms with van der Waals surface area (Å²) in [5.74, 6) is -0.0807. The lowest BCUT2D eigenvalue weighted by molar-refractivity contribution is -0.122. The average Bonchev–Trinajstić information content (AvgIpc) is 2.40. The molecule has 19 heavy (non-hydrogen) atoms. The topological polar surface area (TPSA) is 55.1 Å². The van der Waals surface area contributed by atoms with Gasteiger partial charge in [-0.2, -0.15) is 0 Å². The second-order valence-corrected chi connectivity index (χ2v) is 6.34. The Morgan fingerprint density at radius 1 is 1.37 bits per heavy atom. The second kappa shape index (κ2) is 6.73. The minimum absolute atomic E-state index is 0.0720. The molecule has 1 aromatic carbocycles. The number of hydrogen-bond acceptors (Lipinski definition) is 2. The molecule has 0 aromatic heterocycles. The van der Waals surface area contributed by atoms with E-state index in [0.29, 0.717) is 6.04 Å². The van der Waals surface area contributed by atoms with E-state index in [2.05, 4.69) is 21.2 Å². The van der Waals surface area contributed by atoms with E-state index in [1.165, 1.54) is 5.56 Å². The standard InChI is InChI=1S/C14H18BrClN2O/c15-12-7-9(1-6-13(12)16)8-18-11-4-2-10(3-5-11)14(17)19/h1,6-7,10-11,18H,2-5,8H2,(H2,17,19). The Morgan fingerprint density at radius 2 is 2.05 bits per heavy atom. The molecule has 0 radical (unpaired) electrons. The number of halogens is 2. The van der Waals surface area contributed by atoms with Crippen LogP contribution in [0.5, 0.6) is 0 Å². The van der Waals surface area contributed by atoms with Crippen LogP contribution < -0.4 is 11.1 Å². The van der Waals surface area contributed by atoms with Crippen LogP contribution in [-0.2, 0) is 11.3 Å². The maximum atomic E-state index is 11.1. The molecule has 0 unspecified atom stereocenters. The van der Waals surface area contributed by atoms with Crippen LogP contribution in [0.2, 0.25) is 5.02 Å². The van der Waals surface area contributed by atoms with E-state index in [1.807, 2.05) is 18.2 Å². The summed E-state index contributed by atoms with van der Waals surface area (Å²) in [6.07, 6.45) is 3.83. The molecule has 0 aliphatic heterocycles. The Kier molecular flexibility index (Phi) is 5.25. The van der Waals surface area contributed by atoms with Gasteiger partial charge in [-0.3, -0.25) is 4.79 Å². The molecule has 0 heterocycles. The van der Waals surface area contributed by atoms with Crippen molar-refractivity contribution < 1.29 is 4.79 Å². The minimum atomic E-state index is -0.153. The first-order valence-corrected chi connectivity index (χ1v) is 7.70. The first-order valence-electron chi connectivity index (χ1n) is 6.53. The number of primary amides is 1. The lowest BCUT2D eigenvalue weighted by Gasteiger charge is -2.27. The maximum absolute atomic E-state index is 11.1. The van der Waals surface area contributed by atoms with Gasteiger partial charge in [-0.25, -0.2) is 0 Å². The summed E-state index contributed by atoms with van der Waals surface area (Å²) in [5.41, 5.74) is 6.53. The number of hydrogen-bond donors (Lipinski definition) is 2. The highest BCUT2D eigenvalue weighted by molar-refractivity contribution is 9.10. The Hall–Kier alpha value is -0.580. The Labute approximate surface area is 127 Å². The predicted octanol–water partition coefficient (Wildman–Crippen LogP) is 3.24. The predicted molar refractivity (Wildman–Crippen MR) is 80.9 cm³/mol. The van der Waals surface area contributed by atoms with Crippen LogP contribution in [0.4, 0.5) is 0 Å². The monoisotopic (exact) mass is 344 g/mol. The van der Waals surface area contributed by atoms with Gasteiger partial charge in [0.2, 0.25) is 5.91 Å². The molecule has 0 saturated heterocycles. The fourth-order valence-corrected chi connectivity index (χ4v) is 3.04. The van der Waals surface area contributed by atoms with Crippen molar-refractivity contribution >= 4 is 33.4 Å². The third-order valence-electron chi connectivity index (χ3n) is 3.71. The summed E-state index contributed by atoms with van der Waals surface area (Å²) >= 11 is 9.39. The Bertz CT molecular complexity index is 459. The molecule has 1 amide bonds. The van der Waals surface area contributed by atoms with Gasteiger partial charge in [0.15, 0.2) is 0 Å². The largest absolute Gasteiger partial charge is 0.369 e. The molecule has 1 aromatic rings. The number of carbonyl (C=O) groups is 1. The normalized spacial score (nSPS) is 23.3. The summed E-state index contributed by atoms with van der Waals surface area (Å²) in [6.45, 7) is 0.821.